The molecule has 0 bridgehead atoms. The summed E-state index contributed by atoms with van der Waals surface area (Å²) in [4.78, 5) is 4.64. The van der Waals surface area contributed by atoms with Gasteiger partial charge in [0.1, 0.15) is 0 Å². The Morgan fingerprint density at radius 3 is 2.62 bits per heavy atom. The molecule has 1 aliphatic heterocycles. The van der Waals surface area contributed by atoms with E-state index >= 15 is 0 Å². The van der Waals surface area contributed by atoms with E-state index in [9.17, 15) is 0 Å². The van der Waals surface area contributed by atoms with Crippen LogP contribution in [0.3, 0.4) is 0 Å². The van der Waals surface area contributed by atoms with Gasteiger partial charge in [-0.2, -0.15) is 5.10 Å². The predicted molar refractivity (Wildman–Crippen MR) is 133 cm³/mol. The summed E-state index contributed by atoms with van der Waals surface area (Å²) in [6.45, 7) is 11.3. The van der Waals surface area contributed by atoms with Crippen molar-refractivity contribution < 1.29 is 9.47 Å². The number of fused-ring (bicyclic) bond motifs is 1. The molecule has 5 rings (SSSR count). The number of hydrogen-bond acceptors (Lipinski definition) is 6. The molecule has 1 saturated heterocycles. The van der Waals surface area contributed by atoms with Crippen LogP contribution in [-0.2, 0) is 9.47 Å². The second-order valence-electron chi connectivity index (χ2n) is 10.8. The smallest absolute Gasteiger partial charge is 0.241 e. The third kappa shape index (κ3) is 4.33. The number of anilines is 1. The summed E-state index contributed by atoms with van der Waals surface area (Å²) < 4.78 is 14.8. The number of ether oxygens (including phenoxy) is 2. The molecule has 0 amide bonds. The summed E-state index contributed by atoms with van der Waals surface area (Å²) in [6.07, 6.45) is 10.9. The van der Waals surface area contributed by atoms with Gasteiger partial charge in [-0.05, 0) is 50.0 Å². The Kier molecular flexibility index (Phi) is 6.37. The molecule has 1 saturated carbocycles. The van der Waals surface area contributed by atoms with E-state index in [0.717, 1.165) is 29.9 Å². The summed E-state index contributed by atoms with van der Waals surface area (Å²) >= 11 is 0. The van der Waals surface area contributed by atoms with E-state index in [1.807, 2.05) is 17.1 Å². The lowest BCUT2D eigenvalue weighted by Crippen LogP contribution is -2.30. The van der Waals surface area contributed by atoms with Gasteiger partial charge >= 0.3 is 0 Å². The van der Waals surface area contributed by atoms with Crippen molar-refractivity contribution in [2.75, 3.05) is 32.2 Å². The highest BCUT2D eigenvalue weighted by Crippen LogP contribution is 2.47. The molecule has 1 atom stereocenters. The molecule has 0 radical (unpaired) electrons. The first-order valence-electron chi connectivity index (χ1n) is 12.6. The first-order chi connectivity index (χ1) is 16.4. The number of nitrogens with zero attached hydrogens (tertiary/aromatic N) is 5. The van der Waals surface area contributed by atoms with Crippen molar-refractivity contribution in [3.05, 3.63) is 30.4 Å². The van der Waals surface area contributed by atoms with Crippen molar-refractivity contribution >= 4 is 11.5 Å². The zero-order valence-electron chi connectivity index (χ0n) is 21.1. The first kappa shape index (κ1) is 23.3. The van der Waals surface area contributed by atoms with Crippen LogP contribution in [0.4, 0.5) is 5.95 Å². The molecule has 1 aliphatic carbocycles. The van der Waals surface area contributed by atoms with Crippen LogP contribution in [0.1, 0.15) is 71.0 Å². The molecule has 8 heteroatoms. The zero-order chi connectivity index (χ0) is 23.9. The first-order valence-corrected chi connectivity index (χ1v) is 12.6. The Balaban J connectivity index is 1.50. The lowest BCUT2D eigenvalue weighted by Gasteiger charge is -2.40. The van der Waals surface area contributed by atoms with Crippen LogP contribution in [0.25, 0.3) is 16.6 Å². The average Bonchev–Trinajstić information content (AvgIpc) is 3.38. The van der Waals surface area contributed by atoms with E-state index in [2.05, 4.69) is 59.9 Å². The summed E-state index contributed by atoms with van der Waals surface area (Å²) in [7, 11) is 1.71. The topological polar surface area (TPSA) is 78.5 Å². The Morgan fingerprint density at radius 2 is 1.97 bits per heavy atom. The number of nitrogens with one attached hydrogen (secondary N) is 1. The van der Waals surface area contributed by atoms with Crippen molar-refractivity contribution in [3.63, 3.8) is 0 Å². The maximum absolute atomic E-state index is 5.35. The number of aromatic nitrogens is 5. The van der Waals surface area contributed by atoms with Crippen molar-refractivity contribution in [1.82, 2.24) is 24.4 Å². The van der Waals surface area contributed by atoms with Crippen LogP contribution in [0, 0.1) is 11.3 Å². The molecule has 2 fully saturated rings. The minimum absolute atomic E-state index is 0.130. The maximum Gasteiger partial charge on any atom is 0.241 e. The Bertz CT molecular complexity index is 1120. The number of rotatable bonds is 8. The molecular weight excluding hydrogens is 428 g/mol. The second-order valence-corrected chi connectivity index (χ2v) is 10.8. The highest BCUT2D eigenvalue weighted by atomic mass is 16.5. The number of methoxy groups -OCH3 is 1. The van der Waals surface area contributed by atoms with E-state index in [4.69, 9.17) is 14.6 Å². The van der Waals surface area contributed by atoms with Crippen LogP contribution in [0.2, 0.25) is 0 Å². The van der Waals surface area contributed by atoms with Gasteiger partial charge in [0.05, 0.1) is 43.8 Å². The minimum atomic E-state index is 0.130. The second kappa shape index (κ2) is 9.30. The molecule has 34 heavy (non-hydrogen) atoms. The van der Waals surface area contributed by atoms with E-state index < -0.39 is 0 Å². The zero-order valence-corrected chi connectivity index (χ0v) is 21.1. The predicted octanol–water partition coefficient (Wildman–Crippen LogP) is 4.93. The largest absolute Gasteiger partial charge is 0.383 e. The van der Waals surface area contributed by atoms with Gasteiger partial charge < -0.3 is 14.8 Å². The summed E-state index contributed by atoms with van der Waals surface area (Å²) in [5, 5.41) is 12.9. The van der Waals surface area contributed by atoms with E-state index in [0.29, 0.717) is 35.8 Å². The number of hydrogen-bond donors (Lipinski definition) is 1. The molecule has 184 valence electrons. The quantitative estimate of drug-likeness (QED) is 0.507. The van der Waals surface area contributed by atoms with Gasteiger partial charge in [0, 0.05) is 42.1 Å². The van der Waals surface area contributed by atoms with Crippen LogP contribution < -0.4 is 5.32 Å². The fraction of sp³-hybridized carbons (Fsp3) is 0.654. The van der Waals surface area contributed by atoms with Gasteiger partial charge in [0.2, 0.25) is 5.95 Å². The van der Waals surface area contributed by atoms with Gasteiger partial charge in [-0.15, -0.1) is 5.10 Å². The van der Waals surface area contributed by atoms with Crippen molar-refractivity contribution in [2.24, 2.45) is 11.3 Å². The monoisotopic (exact) mass is 466 g/mol. The van der Waals surface area contributed by atoms with E-state index in [1.165, 1.54) is 31.4 Å². The lowest BCUT2D eigenvalue weighted by atomic mass is 9.65. The van der Waals surface area contributed by atoms with Gasteiger partial charge in [-0.25, -0.2) is 9.50 Å². The maximum atomic E-state index is 5.35. The highest BCUT2D eigenvalue weighted by Gasteiger charge is 2.35. The summed E-state index contributed by atoms with van der Waals surface area (Å²) in [6, 6.07) is 2.79. The average molecular weight is 467 g/mol. The normalized spacial score (nSPS) is 24.5. The molecule has 0 aromatic carbocycles. The van der Waals surface area contributed by atoms with Crippen LogP contribution in [0.15, 0.2) is 24.7 Å². The standard InChI is InChI=1S/C26H38N6O2/c1-17(2)26(4)8-6-19(7-9-26)23-10-22(20-11-28-31(13-20)21-15-34-16-21)24-12-27-25(30-32(23)24)29-18(3)14-33-5/h10-13,17-19,21H,6-9,14-16H2,1-5H3,(H,29,30)/t18-,19?,26?/m0/s1. The molecular formula is C26H38N6O2. The van der Waals surface area contributed by atoms with E-state index in [-0.39, 0.29) is 6.04 Å². The highest BCUT2D eigenvalue weighted by molar-refractivity contribution is 5.81. The molecule has 1 N–H and O–H groups in total. The molecule has 0 unspecified atom stereocenters. The van der Waals surface area contributed by atoms with Crippen molar-refractivity contribution in [2.45, 2.75) is 71.4 Å². The van der Waals surface area contributed by atoms with E-state index in [1.54, 1.807) is 7.11 Å². The summed E-state index contributed by atoms with van der Waals surface area (Å²) in [5.41, 5.74) is 4.99. The van der Waals surface area contributed by atoms with Gasteiger partial charge in [0.25, 0.3) is 0 Å². The Hall–Kier alpha value is -2.45. The van der Waals surface area contributed by atoms with Crippen LogP contribution in [0.5, 0.6) is 0 Å². The third-order valence-corrected chi connectivity index (χ3v) is 8.18. The van der Waals surface area contributed by atoms with Gasteiger partial charge in [0.15, 0.2) is 0 Å². The van der Waals surface area contributed by atoms with Crippen molar-refractivity contribution in [1.29, 1.82) is 0 Å². The minimum Gasteiger partial charge on any atom is -0.383 e. The third-order valence-electron chi connectivity index (χ3n) is 8.18. The molecule has 0 spiro atoms. The van der Waals surface area contributed by atoms with Crippen LogP contribution >= 0.6 is 0 Å². The fourth-order valence-electron chi connectivity index (χ4n) is 5.32. The fourth-order valence-corrected chi connectivity index (χ4v) is 5.32. The molecule has 8 nitrogen and oxygen atoms in total. The molecule has 4 heterocycles. The summed E-state index contributed by atoms with van der Waals surface area (Å²) in [5.74, 6) is 1.82. The molecule has 3 aromatic rings. The Labute approximate surface area is 202 Å². The van der Waals surface area contributed by atoms with Crippen molar-refractivity contribution in [3.8, 4) is 11.1 Å². The molecule has 3 aromatic heterocycles. The van der Waals surface area contributed by atoms with Crippen LogP contribution in [-0.4, -0.2) is 57.4 Å². The van der Waals surface area contributed by atoms with Gasteiger partial charge in [-0.3, -0.25) is 4.68 Å². The Morgan fingerprint density at radius 1 is 1.21 bits per heavy atom. The lowest BCUT2D eigenvalue weighted by molar-refractivity contribution is -0.0286. The molecule has 2 aliphatic rings. The van der Waals surface area contributed by atoms with Gasteiger partial charge in [-0.1, -0.05) is 20.8 Å². The SMILES string of the molecule is COC[C@H](C)Nc1ncc2c(-c3cnn(C4COC4)c3)cc(C3CCC(C)(C(C)C)CC3)n2n1.